The first kappa shape index (κ1) is 10.2. The lowest BCUT2D eigenvalue weighted by molar-refractivity contribution is -0.304. The number of hydrogen-bond acceptors (Lipinski definition) is 2. The maximum absolute atomic E-state index is 9.93. The summed E-state index contributed by atoms with van der Waals surface area (Å²) in [5.74, 6) is -1.00. The van der Waals surface area contributed by atoms with Gasteiger partial charge >= 0.3 is 0 Å². The largest absolute Gasteiger partial charge is 0.550 e. The van der Waals surface area contributed by atoms with Crippen LogP contribution >= 0.6 is 0 Å². The van der Waals surface area contributed by atoms with E-state index in [1.54, 1.807) is 6.08 Å². The molecule has 0 aliphatic heterocycles. The molecule has 0 bridgehead atoms. The summed E-state index contributed by atoms with van der Waals surface area (Å²) in [6.45, 7) is 2.14. The van der Waals surface area contributed by atoms with E-state index in [4.69, 9.17) is 0 Å². The van der Waals surface area contributed by atoms with Crippen molar-refractivity contribution in [2.45, 2.75) is 39.0 Å². The second-order valence-corrected chi connectivity index (χ2v) is 2.54. The van der Waals surface area contributed by atoms with E-state index in [0.717, 1.165) is 12.8 Å². The molecule has 0 rings (SSSR count). The molecule has 0 spiro atoms. The quantitative estimate of drug-likeness (QED) is 0.428. The number of allylic oxidation sites excluding steroid dienone is 1. The summed E-state index contributed by atoms with van der Waals surface area (Å²) in [5, 5.41) is 9.93. The molecule has 0 aromatic heterocycles. The Morgan fingerprint density at radius 3 is 2.64 bits per heavy atom. The Kier molecular flexibility index (Phi) is 6.79. The highest BCUT2D eigenvalue weighted by molar-refractivity contribution is 5.66. The van der Waals surface area contributed by atoms with E-state index in [1.807, 2.05) is 6.08 Å². The highest BCUT2D eigenvalue weighted by Crippen LogP contribution is 1.99. The maximum atomic E-state index is 9.93. The van der Waals surface area contributed by atoms with Crippen molar-refractivity contribution in [3.8, 4) is 0 Å². The molecule has 0 aromatic carbocycles. The van der Waals surface area contributed by atoms with Gasteiger partial charge in [-0.15, -0.1) is 0 Å². The Hall–Kier alpha value is -0.790. The number of unbranched alkanes of at least 4 members (excludes halogenated alkanes) is 3. The molecule has 0 unspecified atom stereocenters. The third kappa shape index (κ3) is 9.21. The molecule has 0 heterocycles. The number of carbonyl (C=O) groups excluding carboxylic acids is 1. The second-order valence-electron chi connectivity index (χ2n) is 2.54. The van der Waals surface area contributed by atoms with E-state index < -0.39 is 5.97 Å². The van der Waals surface area contributed by atoms with E-state index in [-0.39, 0.29) is 6.42 Å². The average molecular weight is 155 g/mol. The third-order valence-electron chi connectivity index (χ3n) is 1.43. The molecule has 0 aromatic rings. The molecular formula is C9H15O2-. The molecular weight excluding hydrogens is 140 g/mol. The molecule has 0 fully saturated rings. The molecule has 0 saturated heterocycles. The van der Waals surface area contributed by atoms with Crippen LogP contribution in [0, 0.1) is 0 Å². The zero-order valence-corrected chi connectivity index (χ0v) is 7.01. The van der Waals surface area contributed by atoms with E-state index in [1.165, 1.54) is 12.8 Å². The lowest BCUT2D eigenvalue weighted by Crippen LogP contribution is -2.20. The summed E-state index contributed by atoms with van der Waals surface area (Å²) in [6.07, 6.45) is 8.17. The van der Waals surface area contributed by atoms with Gasteiger partial charge in [0, 0.05) is 12.4 Å². The molecule has 0 saturated carbocycles. The van der Waals surface area contributed by atoms with Crippen molar-refractivity contribution >= 4 is 5.97 Å². The minimum Gasteiger partial charge on any atom is -0.550 e. The van der Waals surface area contributed by atoms with Crippen LogP contribution in [0.4, 0.5) is 0 Å². The van der Waals surface area contributed by atoms with Gasteiger partial charge in [-0.05, 0) is 12.8 Å². The van der Waals surface area contributed by atoms with Gasteiger partial charge < -0.3 is 9.90 Å². The summed E-state index contributed by atoms with van der Waals surface area (Å²) in [6, 6.07) is 0. The molecule has 0 atom stereocenters. The molecule has 11 heavy (non-hydrogen) atoms. The van der Waals surface area contributed by atoms with Crippen molar-refractivity contribution in [1.82, 2.24) is 0 Å². The van der Waals surface area contributed by atoms with Gasteiger partial charge in [0.25, 0.3) is 0 Å². The van der Waals surface area contributed by atoms with E-state index in [2.05, 4.69) is 6.92 Å². The molecule has 0 aliphatic rings. The SMILES string of the molecule is CCCCC/C=C/CC(=O)[O-]. The molecule has 2 nitrogen and oxygen atoms in total. The highest BCUT2D eigenvalue weighted by atomic mass is 16.4. The van der Waals surface area contributed by atoms with E-state index in [0.29, 0.717) is 0 Å². The lowest BCUT2D eigenvalue weighted by atomic mass is 10.2. The maximum Gasteiger partial charge on any atom is 0.0452 e. The number of carbonyl (C=O) groups is 1. The zero-order chi connectivity index (χ0) is 8.53. The van der Waals surface area contributed by atoms with Crippen LogP contribution in [0.3, 0.4) is 0 Å². The normalized spacial score (nSPS) is 10.6. The summed E-state index contributed by atoms with van der Waals surface area (Å²) < 4.78 is 0. The first-order chi connectivity index (χ1) is 5.27. The van der Waals surface area contributed by atoms with Crippen LogP contribution in [0.2, 0.25) is 0 Å². The summed E-state index contributed by atoms with van der Waals surface area (Å²) in [5.41, 5.74) is 0. The summed E-state index contributed by atoms with van der Waals surface area (Å²) in [7, 11) is 0. The van der Waals surface area contributed by atoms with Crippen molar-refractivity contribution in [2.75, 3.05) is 0 Å². The van der Waals surface area contributed by atoms with Crippen LogP contribution in [0.15, 0.2) is 12.2 Å². The van der Waals surface area contributed by atoms with Gasteiger partial charge in [0.15, 0.2) is 0 Å². The van der Waals surface area contributed by atoms with E-state index >= 15 is 0 Å². The summed E-state index contributed by atoms with van der Waals surface area (Å²) >= 11 is 0. The number of carboxylic acids is 1. The first-order valence-electron chi connectivity index (χ1n) is 4.12. The van der Waals surface area contributed by atoms with Crippen molar-refractivity contribution < 1.29 is 9.90 Å². The topological polar surface area (TPSA) is 40.1 Å². The Bertz CT molecular complexity index is 128. The predicted octanol–water partition coefficient (Wildman–Crippen LogP) is 1.26. The smallest absolute Gasteiger partial charge is 0.0452 e. The Labute approximate surface area is 67.9 Å². The van der Waals surface area contributed by atoms with Crippen molar-refractivity contribution in [1.29, 1.82) is 0 Å². The number of carboxylic acid groups (broad SMARTS) is 1. The van der Waals surface area contributed by atoms with Crippen LogP contribution in [0.5, 0.6) is 0 Å². The van der Waals surface area contributed by atoms with Crippen molar-refractivity contribution in [3.63, 3.8) is 0 Å². The second kappa shape index (κ2) is 7.32. The van der Waals surface area contributed by atoms with Crippen molar-refractivity contribution in [3.05, 3.63) is 12.2 Å². The fourth-order valence-electron chi connectivity index (χ4n) is 0.810. The first-order valence-corrected chi connectivity index (χ1v) is 4.12. The molecule has 0 amide bonds. The fourth-order valence-corrected chi connectivity index (χ4v) is 0.810. The number of aliphatic carboxylic acids is 1. The highest BCUT2D eigenvalue weighted by Gasteiger charge is 1.81. The lowest BCUT2D eigenvalue weighted by Gasteiger charge is -1.94. The average Bonchev–Trinajstić information content (AvgIpc) is 1.96. The molecule has 64 valence electrons. The van der Waals surface area contributed by atoms with Gasteiger partial charge in [-0.3, -0.25) is 0 Å². The van der Waals surface area contributed by atoms with Crippen LogP contribution in [0.1, 0.15) is 39.0 Å². The number of rotatable bonds is 6. The Balaban J connectivity index is 3.10. The summed E-state index contributed by atoms with van der Waals surface area (Å²) in [4.78, 5) is 9.93. The van der Waals surface area contributed by atoms with Crippen LogP contribution < -0.4 is 5.11 Å². The van der Waals surface area contributed by atoms with Gasteiger partial charge in [-0.1, -0.05) is 31.9 Å². The van der Waals surface area contributed by atoms with Gasteiger partial charge in [-0.25, -0.2) is 0 Å². The standard InChI is InChI=1S/C9H16O2/c1-2-3-4-5-6-7-8-9(10)11/h6-7H,2-5,8H2,1H3,(H,10,11)/p-1/b7-6+. The van der Waals surface area contributed by atoms with Crippen molar-refractivity contribution in [2.24, 2.45) is 0 Å². The number of hydrogen-bond donors (Lipinski definition) is 0. The van der Waals surface area contributed by atoms with Gasteiger partial charge in [0.05, 0.1) is 0 Å². The van der Waals surface area contributed by atoms with Crippen LogP contribution in [0.25, 0.3) is 0 Å². The minimum absolute atomic E-state index is 0.0477. The van der Waals surface area contributed by atoms with Gasteiger partial charge in [-0.2, -0.15) is 0 Å². The van der Waals surface area contributed by atoms with Crippen LogP contribution in [-0.4, -0.2) is 5.97 Å². The molecule has 0 N–H and O–H groups in total. The zero-order valence-electron chi connectivity index (χ0n) is 7.01. The Morgan fingerprint density at radius 1 is 1.36 bits per heavy atom. The molecule has 0 radical (unpaired) electrons. The predicted molar refractivity (Wildman–Crippen MR) is 42.9 cm³/mol. The molecule has 0 aliphatic carbocycles. The minimum atomic E-state index is -1.00. The third-order valence-corrected chi connectivity index (χ3v) is 1.43. The molecule has 2 heteroatoms. The van der Waals surface area contributed by atoms with Gasteiger partial charge in [0.1, 0.15) is 0 Å². The monoisotopic (exact) mass is 155 g/mol. The fraction of sp³-hybridized carbons (Fsp3) is 0.667. The van der Waals surface area contributed by atoms with Crippen LogP contribution in [-0.2, 0) is 4.79 Å². The van der Waals surface area contributed by atoms with E-state index in [9.17, 15) is 9.90 Å². The Morgan fingerprint density at radius 2 is 2.09 bits per heavy atom. The van der Waals surface area contributed by atoms with Gasteiger partial charge in [0.2, 0.25) is 0 Å².